The lowest BCUT2D eigenvalue weighted by molar-refractivity contribution is -0.131. The van der Waals surface area contributed by atoms with E-state index in [-0.39, 0.29) is 18.6 Å². The van der Waals surface area contributed by atoms with Crippen LogP contribution >= 0.6 is 0 Å². The Balaban J connectivity index is 1.76. The number of nitrogens with one attached hydrogen (secondary N) is 1. The number of nitrogens with zero attached hydrogens (tertiary/aromatic N) is 1. The Morgan fingerprint density at radius 3 is 3.05 bits per heavy atom. The molecule has 1 aliphatic carbocycles. The van der Waals surface area contributed by atoms with Crippen LogP contribution in [0.3, 0.4) is 0 Å². The van der Waals surface area contributed by atoms with Crippen LogP contribution < -0.4 is 5.43 Å². The Hall–Kier alpha value is -1.62. The summed E-state index contributed by atoms with van der Waals surface area (Å²) in [6, 6.07) is 3.53. The number of furan rings is 1. The molecule has 22 heavy (non-hydrogen) atoms. The zero-order chi connectivity index (χ0) is 15.9. The Morgan fingerprint density at radius 2 is 2.36 bits per heavy atom. The van der Waals surface area contributed by atoms with Crippen molar-refractivity contribution in [3.8, 4) is 0 Å². The van der Waals surface area contributed by atoms with E-state index >= 15 is 0 Å². The Kier molecular flexibility index (Phi) is 6.19. The van der Waals surface area contributed by atoms with Crippen LogP contribution in [0, 0.1) is 17.8 Å². The van der Waals surface area contributed by atoms with Crippen molar-refractivity contribution in [3.05, 3.63) is 24.2 Å². The van der Waals surface area contributed by atoms with E-state index in [0.29, 0.717) is 23.5 Å². The first-order chi connectivity index (χ1) is 10.6. The Labute approximate surface area is 132 Å². The van der Waals surface area contributed by atoms with Gasteiger partial charge in [-0.2, -0.15) is 5.10 Å². The summed E-state index contributed by atoms with van der Waals surface area (Å²) in [7, 11) is 0. The van der Waals surface area contributed by atoms with Crippen molar-refractivity contribution in [2.24, 2.45) is 22.9 Å². The van der Waals surface area contributed by atoms with Crippen LogP contribution in [0.4, 0.5) is 0 Å². The number of hydrazone groups is 1. The molecule has 5 nitrogen and oxygen atoms in total. The van der Waals surface area contributed by atoms with Gasteiger partial charge in [-0.05, 0) is 42.7 Å². The normalized spacial score (nSPS) is 25.7. The van der Waals surface area contributed by atoms with E-state index < -0.39 is 0 Å². The molecule has 0 spiro atoms. The van der Waals surface area contributed by atoms with Crippen molar-refractivity contribution in [1.82, 2.24) is 5.43 Å². The van der Waals surface area contributed by atoms with Gasteiger partial charge in [-0.25, -0.2) is 5.43 Å². The third-order valence-electron chi connectivity index (χ3n) is 4.31. The van der Waals surface area contributed by atoms with Gasteiger partial charge >= 0.3 is 0 Å². The predicted octanol–water partition coefficient (Wildman–Crippen LogP) is 3.21. The molecule has 1 saturated carbocycles. The third-order valence-corrected chi connectivity index (χ3v) is 4.31. The minimum atomic E-state index is -0.233. The highest BCUT2D eigenvalue weighted by Crippen LogP contribution is 2.35. The summed E-state index contributed by atoms with van der Waals surface area (Å²) in [5.74, 6) is 2.15. The molecule has 3 unspecified atom stereocenters. The minimum Gasteiger partial charge on any atom is -0.463 e. The Bertz CT molecular complexity index is 482. The van der Waals surface area contributed by atoms with Crippen molar-refractivity contribution in [1.29, 1.82) is 0 Å². The van der Waals surface area contributed by atoms with Gasteiger partial charge in [-0.15, -0.1) is 0 Å². The van der Waals surface area contributed by atoms with Crippen molar-refractivity contribution >= 4 is 12.1 Å². The lowest BCUT2D eigenvalue weighted by atomic mass is 9.75. The SMILES string of the molecule is CC1CCC(C(C)C)C(OCC(=O)NN=Cc2ccco2)C1. The number of rotatable bonds is 6. The molecule has 1 heterocycles. The summed E-state index contributed by atoms with van der Waals surface area (Å²) in [6.07, 6.45) is 6.67. The zero-order valence-electron chi connectivity index (χ0n) is 13.6. The van der Waals surface area contributed by atoms with Crippen molar-refractivity contribution in [2.75, 3.05) is 6.61 Å². The van der Waals surface area contributed by atoms with Crippen molar-refractivity contribution in [2.45, 2.75) is 46.1 Å². The molecule has 0 saturated heterocycles. The topological polar surface area (TPSA) is 63.8 Å². The first-order valence-corrected chi connectivity index (χ1v) is 8.03. The van der Waals surface area contributed by atoms with Crippen molar-refractivity contribution in [3.63, 3.8) is 0 Å². The molecule has 1 aromatic heterocycles. The number of hydrogen-bond acceptors (Lipinski definition) is 4. The van der Waals surface area contributed by atoms with Crippen molar-refractivity contribution < 1.29 is 13.9 Å². The monoisotopic (exact) mass is 306 g/mol. The van der Waals surface area contributed by atoms with Gasteiger partial charge in [-0.3, -0.25) is 4.79 Å². The fraction of sp³-hybridized carbons (Fsp3) is 0.647. The second-order valence-electron chi connectivity index (χ2n) is 6.48. The van der Waals surface area contributed by atoms with Gasteiger partial charge in [0, 0.05) is 0 Å². The first-order valence-electron chi connectivity index (χ1n) is 8.03. The van der Waals surface area contributed by atoms with E-state index in [2.05, 4.69) is 31.3 Å². The van der Waals surface area contributed by atoms with Gasteiger partial charge in [0.2, 0.25) is 0 Å². The lowest BCUT2D eigenvalue weighted by Crippen LogP contribution is -2.36. The summed E-state index contributed by atoms with van der Waals surface area (Å²) < 4.78 is 11.0. The third kappa shape index (κ3) is 4.98. The van der Waals surface area contributed by atoms with Crippen LogP contribution in [0.1, 0.15) is 45.8 Å². The van der Waals surface area contributed by atoms with E-state index in [1.807, 2.05) is 0 Å². The van der Waals surface area contributed by atoms with E-state index in [9.17, 15) is 4.79 Å². The molecule has 1 aromatic rings. The number of carbonyl (C=O) groups is 1. The van der Waals surface area contributed by atoms with E-state index in [0.717, 1.165) is 6.42 Å². The summed E-state index contributed by atoms with van der Waals surface area (Å²) >= 11 is 0. The van der Waals surface area contributed by atoms with Gasteiger partial charge < -0.3 is 9.15 Å². The fourth-order valence-electron chi connectivity index (χ4n) is 3.05. The van der Waals surface area contributed by atoms with Crippen LogP contribution in [0.5, 0.6) is 0 Å². The van der Waals surface area contributed by atoms with Crippen LogP contribution in [-0.4, -0.2) is 24.8 Å². The number of ether oxygens (including phenoxy) is 1. The van der Waals surface area contributed by atoms with Crippen LogP contribution in [0.25, 0.3) is 0 Å². The second-order valence-corrected chi connectivity index (χ2v) is 6.48. The lowest BCUT2D eigenvalue weighted by Gasteiger charge is -2.36. The summed E-state index contributed by atoms with van der Waals surface area (Å²) in [5.41, 5.74) is 2.46. The summed E-state index contributed by atoms with van der Waals surface area (Å²) in [6.45, 7) is 6.76. The summed E-state index contributed by atoms with van der Waals surface area (Å²) in [4.78, 5) is 11.8. The minimum absolute atomic E-state index is 0.0517. The zero-order valence-corrected chi connectivity index (χ0v) is 13.6. The van der Waals surface area contributed by atoms with E-state index in [1.54, 1.807) is 18.4 Å². The molecular weight excluding hydrogens is 280 g/mol. The van der Waals surface area contributed by atoms with Gasteiger partial charge in [0.1, 0.15) is 12.4 Å². The Morgan fingerprint density at radius 1 is 1.55 bits per heavy atom. The molecule has 1 fully saturated rings. The molecule has 1 N–H and O–H groups in total. The van der Waals surface area contributed by atoms with Gasteiger partial charge in [-0.1, -0.05) is 27.2 Å². The van der Waals surface area contributed by atoms with E-state index in [4.69, 9.17) is 9.15 Å². The second kappa shape index (κ2) is 8.13. The van der Waals surface area contributed by atoms with Crippen LogP contribution in [0.2, 0.25) is 0 Å². The molecule has 0 bridgehead atoms. The van der Waals surface area contributed by atoms with Crippen LogP contribution in [-0.2, 0) is 9.53 Å². The highest BCUT2D eigenvalue weighted by Gasteiger charge is 2.31. The maximum absolute atomic E-state index is 11.8. The molecule has 3 atom stereocenters. The molecule has 1 amide bonds. The molecule has 1 aliphatic rings. The largest absolute Gasteiger partial charge is 0.463 e. The molecule has 2 rings (SSSR count). The standard InChI is InChI=1S/C17H26N2O3/c1-12(2)15-7-6-13(3)9-16(15)22-11-17(20)19-18-10-14-5-4-8-21-14/h4-5,8,10,12-13,15-16H,6-7,9,11H2,1-3H3,(H,19,20). The average molecular weight is 306 g/mol. The van der Waals surface area contributed by atoms with E-state index in [1.165, 1.54) is 19.1 Å². The van der Waals surface area contributed by atoms with Gasteiger partial charge in [0.15, 0.2) is 0 Å². The number of hydrogen-bond donors (Lipinski definition) is 1. The average Bonchev–Trinajstić information content (AvgIpc) is 2.98. The summed E-state index contributed by atoms with van der Waals surface area (Å²) in [5, 5.41) is 3.85. The quantitative estimate of drug-likeness (QED) is 0.648. The van der Waals surface area contributed by atoms with Gasteiger partial charge in [0.05, 0.1) is 18.6 Å². The molecule has 0 aromatic carbocycles. The predicted molar refractivity (Wildman–Crippen MR) is 85.5 cm³/mol. The highest BCUT2D eigenvalue weighted by atomic mass is 16.5. The molecular formula is C17H26N2O3. The van der Waals surface area contributed by atoms with Crippen LogP contribution in [0.15, 0.2) is 27.9 Å². The first kappa shape index (κ1) is 16.7. The molecule has 0 radical (unpaired) electrons. The molecule has 5 heteroatoms. The fourth-order valence-corrected chi connectivity index (χ4v) is 3.05. The highest BCUT2D eigenvalue weighted by molar-refractivity contribution is 5.80. The number of amides is 1. The number of carbonyl (C=O) groups excluding carboxylic acids is 1. The molecule has 122 valence electrons. The smallest absolute Gasteiger partial charge is 0.266 e. The molecule has 0 aliphatic heterocycles. The maximum atomic E-state index is 11.8. The van der Waals surface area contributed by atoms with Gasteiger partial charge in [0.25, 0.3) is 5.91 Å². The maximum Gasteiger partial charge on any atom is 0.266 e.